The second-order valence-corrected chi connectivity index (χ2v) is 5.35. The number of likely N-dealkylation sites (tertiary alicyclic amines) is 1. The lowest BCUT2D eigenvalue weighted by molar-refractivity contribution is -0.143. The molecule has 0 spiro atoms. The Labute approximate surface area is 122 Å². The van der Waals surface area contributed by atoms with Crippen LogP contribution in [0.4, 0.5) is 0 Å². The average Bonchev–Trinajstić information content (AvgIpc) is 2.47. The molecule has 1 aromatic rings. The lowest BCUT2D eigenvalue weighted by Gasteiger charge is -2.31. The first-order valence-electron chi connectivity index (χ1n) is 6.95. The molecule has 1 amide bonds. The minimum Gasteiger partial charge on any atom is -0.480 e. The van der Waals surface area contributed by atoms with Gasteiger partial charge in [-0.2, -0.15) is 0 Å². The van der Waals surface area contributed by atoms with Crippen molar-refractivity contribution in [3.05, 3.63) is 47.5 Å². The van der Waals surface area contributed by atoms with E-state index in [9.17, 15) is 9.59 Å². The molecule has 2 aliphatic rings. The van der Waals surface area contributed by atoms with Crippen molar-refractivity contribution in [1.29, 1.82) is 0 Å². The number of carboxylic acids is 1. The molecule has 1 N–H and O–H groups in total. The van der Waals surface area contributed by atoms with Gasteiger partial charge in [0.25, 0.3) is 5.91 Å². The molecule has 5 heteroatoms. The zero-order valence-electron chi connectivity index (χ0n) is 11.5. The summed E-state index contributed by atoms with van der Waals surface area (Å²) in [5, 5.41) is 9.05. The van der Waals surface area contributed by atoms with Crippen LogP contribution in [0.5, 0.6) is 0 Å². The van der Waals surface area contributed by atoms with E-state index in [-0.39, 0.29) is 0 Å². The topological polar surface area (TPSA) is 70.0 Å². The van der Waals surface area contributed by atoms with Crippen molar-refractivity contribution in [2.24, 2.45) is 10.9 Å². The van der Waals surface area contributed by atoms with Crippen LogP contribution in [0.1, 0.15) is 12.0 Å². The Hall–Kier alpha value is -2.27. The van der Waals surface area contributed by atoms with E-state index in [0.717, 1.165) is 24.4 Å². The molecule has 5 nitrogen and oxygen atoms in total. The summed E-state index contributed by atoms with van der Waals surface area (Å²) in [4.78, 5) is 28.9. The molecule has 1 saturated heterocycles. The fourth-order valence-corrected chi connectivity index (χ4v) is 2.74. The number of carbonyl (C=O) groups excluding carboxylic acids is 1. The number of hydrogen-bond acceptors (Lipinski definition) is 3. The van der Waals surface area contributed by atoms with Crippen molar-refractivity contribution in [2.75, 3.05) is 13.1 Å². The maximum Gasteiger partial charge on any atom is 0.320 e. The number of carboxylic acid groups (broad SMARTS) is 1. The Kier molecular flexibility index (Phi) is 3.66. The third-order valence-electron chi connectivity index (χ3n) is 3.82. The zero-order valence-corrected chi connectivity index (χ0v) is 11.5. The van der Waals surface area contributed by atoms with Crippen LogP contribution >= 0.6 is 0 Å². The number of rotatable bonds is 3. The minimum atomic E-state index is -1.13. The highest BCUT2D eigenvalue weighted by Gasteiger charge is 2.32. The Bertz CT molecular complexity index is 634. The number of carbonyl (C=O) groups is 2. The standard InChI is InChI=1S/C16H16N2O3/c19-15-13(16(20)21)8-12-10-18(7-6-14(12)17-15)9-11-4-2-1-3-5-11/h1-5,8,13H,6-7,9-10H2,(H,20,21). The summed E-state index contributed by atoms with van der Waals surface area (Å²) in [6, 6.07) is 10.1. The molecule has 0 aliphatic carbocycles. The molecule has 21 heavy (non-hydrogen) atoms. The lowest BCUT2D eigenvalue weighted by atomic mass is 9.93. The van der Waals surface area contributed by atoms with Gasteiger partial charge in [-0.3, -0.25) is 14.5 Å². The molecular formula is C16H16N2O3. The van der Waals surface area contributed by atoms with Crippen molar-refractivity contribution in [1.82, 2.24) is 4.90 Å². The number of fused-ring (bicyclic) bond motifs is 1. The Balaban J connectivity index is 1.74. The third-order valence-corrected chi connectivity index (χ3v) is 3.82. The maximum atomic E-state index is 11.6. The van der Waals surface area contributed by atoms with E-state index in [1.54, 1.807) is 6.08 Å². The number of aliphatic imine (C=N–C) groups is 1. The first-order valence-corrected chi connectivity index (χ1v) is 6.95. The predicted octanol–water partition coefficient (Wildman–Crippen LogP) is 1.50. The van der Waals surface area contributed by atoms with Crippen LogP contribution in [0.25, 0.3) is 0 Å². The summed E-state index contributed by atoms with van der Waals surface area (Å²) in [5.41, 5.74) is 2.85. The van der Waals surface area contributed by atoms with Gasteiger partial charge in [-0.15, -0.1) is 0 Å². The molecule has 0 radical (unpaired) electrons. The van der Waals surface area contributed by atoms with Crippen LogP contribution in [0.2, 0.25) is 0 Å². The highest BCUT2D eigenvalue weighted by atomic mass is 16.4. The van der Waals surface area contributed by atoms with Crippen LogP contribution < -0.4 is 0 Å². The minimum absolute atomic E-state index is 0.558. The van der Waals surface area contributed by atoms with Crippen LogP contribution in [0.3, 0.4) is 0 Å². The fourth-order valence-electron chi connectivity index (χ4n) is 2.74. The lowest BCUT2D eigenvalue weighted by Crippen LogP contribution is -2.39. The summed E-state index contributed by atoms with van der Waals surface area (Å²) < 4.78 is 0. The number of amides is 1. The van der Waals surface area contributed by atoms with Gasteiger partial charge in [0.1, 0.15) is 0 Å². The summed E-state index contributed by atoms with van der Waals surface area (Å²) >= 11 is 0. The van der Waals surface area contributed by atoms with Gasteiger partial charge in [0.15, 0.2) is 5.92 Å². The SMILES string of the molecule is O=C(O)C1C=C2CN(Cc3ccccc3)CCC2=NC1=O. The first-order chi connectivity index (χ1) is 10.1. The predicted molar refractivity (Wildman–Crippen MR) is 78.0 cm³/mol. The second-order valence-electron chi connectivity index (χ2n) is 5.35. The monoisotopic (exact) mass is 284 g/mol. The molecule has 1 unspecified atom stereocenters. The quantitative estimate of drug-likeness (QED) is 0.854. The maximum absolute atomic E-state index is 11.6. The molecular weight excluding hydrogens is 268 g/mol. The zero-order chi connectivity index (χ0) is 14.8. The van der Waals surface area contributed by atoms with Gasteiger partial charge in [0.05, 0.1) is 0 Å². The van der Waals surface area contributed by atoms with Gasteiger partial charge >= 0.3 is 5.97 Å². The van der Waals surface area contributed by atoms with Crippen LogP contribution in [0.15, 0.2) is 47.0 Å². The van der Waals surface area contributed by atoms with Gasteiger partial charge in [0.2, 0.25) is 0 Å². The number of hydrogen-bond donors (Lipinski definition) is 1. The van der Waals surface area contributed by atoms with Gasteiger partial charge in [-0.05, 0) is 11.1 Å². The molecule has 1 aromatic carbocycles. The van der Waals surface area contributed by atoms with Crippen LogP contribution in [-0.2, 0) is 16.1 Å². The molecule has 2 aliphatic heterocycles. The highest BCUT2D eigenvalue weighted by molar-refractivity contribution is 6.14. The van der Waals surface area contributed by atoms with Gasteiger partial charge in [0, 0.05) is 31.8 Å². The summed E-state index contributed by atoms with van der Waals surface area (Å²) in [6.45, 7) is 2.29. The van der Waals surface area contributed by atoms with Gasteiger partial charge in [-0.25, -0.2) is 4.99 Å². The molecule has 2 heterocycles. The first kappa shape index (κ1) is 13.7. The van der Waals surface area contributed by atoms with Crippen molar-refractivity contribution in [3.63, 3.8) is 0 Å². The van der Waals surface area contributed by atoms with Crippen molar-refractivity contribution < 1.29 is 14.7 Å². The van der Waals surface area contributed by atoms with Crippen LogP contribution in [-0.4, -0.2) is 40.7 Å². The largest absolute Gasteiger partial charge is 0.480 e. The molecule has 1 fully saturated rings. The second kappa shape index (κ2) is 5.61. The van der Waals surface area contributed by atoms with Gasteiger partial charge < -0.3 is 5.11 Å². The van der Waals surface area contributed by atoms with Crippen molar-refractivity contribution in [3.8, 4) is 0 Å². The molecule has 0 aromatic heterocycles. The fraction of sp³-hybridized carbons (Fsp3) is 0.312. The number of aliphatic carboxylic acids is 1. The number of dihydropyridines is 1. The van der Waals surface area contributed by atoms with E-state index >= 15 is 0 Å². The van der Waals surface area contributed by atoms with E-state index in [0.29, 0.717) is 13.0 Å². The highest BCUT2D eigenvalue weighted by Crippen LogP contribution is 2.23. The Morgan fingerprint density at radius 3 is 2.81 bits per heavy atom. The van der Waals surface area contributed by atoms with E-state index in [1.807, 2.05) is 18.2 Å². The Morgan fingerprint density at radius 2 is 2.10 bits per heavy atom. The molecule has 0 bridgehead atoms. The third kappa shape index (κ3) is 2.92. The van der Waals surface area contributed by atoms with Crippen molar-refractivity contribution in [2.45, 2.75) is 13.0 Å². The normalized spacial score (nSPS) is 22.3. The van der Waals surface area contributed by atoms with Crippen molar-refractivity contribution >= 4 is 17.6 Å². The summed E-state index contributed by atoms with van der Waals surface area (Å²) in [6.07, 6.45) is 2.25. The number of benzene rings is 1. The molecule has 3 rings (SSSR count). The van der Waals surface area contributed by atoms with Crippen LogP contribution in [0, 0.1) is 5.92 Å². The average molecular weight is 284 g/mol. The van der Waals surface area contributed by atoms with E-state index in [4.69, 9.17) is 5.11 Å². The molecule has 108 valence electrons. The van der Waals surface area contributed by atoms with E-state index < -0.39 is 17.8 Å². The van der Waals surface area contributed by atoms with E-state index in [2.05, 4.69) is 22.0 Å². The summed E-state index contributed by atoms with van der Waals surface area (Å²) in [5.74, 6) is -2.81. The number of nitrogens with zero attached hydrogens (tertiary/aromatic N) is 2. The Morgan fingerprint density at radius 1 is 1.33 bits per heavy atom. The number of piperidine rings is 1. The van der Waals surface area contributed by atoms with Gasteiger partial charge in [-0.1, -0.05) is 36.4 Å². The molecule has 0 saturated carbocycles. The smallest absolute Gasteiger partial charge is 0.320 e. The van der Waals surface area contributed by atoms with E-state index in [1.165, 1.54) is 5.56 Å². The summed E-state index contributed by atoms with van der Waals surface area (Å²) in [7, 11) is 0. The molecule has 1 atom stereocenters.